The van der Waals surface area contributed by atoms with Crippen molar-refractivity contribution < 1.29 is 8.78 Å². The smallest absolute Gasteiger partial charge is 0.143 e. The zero-order valence-corrected chi connectivity index (χ0v) is 12.2. The largest absolute Gasteiger partial charge is 0.324 e. The van der Waals surface area contributed by atoms with Crippen molar-refractivity contribution in [2.75, 3.05) is 0 Å². The monoisotopic (exact) mass is 345 g/mol. The lowest BCUT2D eigenvalue weighted by atomic mass is 9.99. The molecule has 0 heterocycles. The molecule has 2 aromatic rings. The number of benzene rings is 2. The molecule has 0 aliphatic carbocycles. The molecular formula is C14H11BrClF2N. The van der Waals surface area contributed by atoms with E-state index in [2.05, 4.69) is 15.9 Å². The highest BCUT2D eigenvalue weighted by atomic mass is 79.9. The zero-order valence-electron chi connectivity index (χ0n) is 9.84. The Morgan fingerprint density at radius 3 is 2.37 bits per heavy atom. The first kappa shape index (κ1) is 14.4. The summed E-state index contributed by atoms with van der Waals surface area (Å²) in [5.41, 5.74) is 6.74. The van der Waals surface area contributed by atoms with Crippen LogP contribution in [0.25, 0.3) is 0 Å². The van der Waals surface area contributed by atoms with Crippen molar-refractivity contribution in [2.45, 2.75) is 12.5 Å². The first-order valence-electron chi connectivity index (χ1n) is 5.62. The maximum atomic E-state index is 13.8. The molecule has 0 spiro atoms. The van der Waals surface area contributed by atoms with E-state index in [1.165, 1.54) is 12.1 Å². The second-order valence-electron chi connectivity index (χ2n) is 4.18. The van der Waals surface area contributed by atoms with Gasteiger partial charge in [-0.1, -0.05) is 23.7 Å². The van der Waals surface area contributed by atoms with Crippen molar-refractivity contribution >= 4 is 27.5 Å². The minimum atomic E-state index is -0.607. The molecule has 1 atom stereocenters. The fraction of sp³-hybridized carbons (Fsp3) is 0.143. The van der Waals surface area contributed by atoms with Gasteiger partial charge < -0.3 is 5.73 Å². The zero-order chi connectivity index (χ0) is 14.0. The second-order valence-corrected chi connectivity index (χ2v) is 5.47. The summed E-state index contributed by atoms with van der Waals surface area (Å²) in [5.74, 6) is -1.20. The van der Waals surface area contributed by atoms with Crippen molar-refractivity contribution in [3.8, 4) is 0 Å². The molecule has 2 N–H and O–H groups in total. The quantitative estimate of drug-likeness (QED) is 0.806. The van der Waals surface area contributed by atoms with Gasteiger partial charge in [-0.3, -0.25) is 0 Å². The molecule has 0 amide bonds. The van der Waals surface area contributed by atoms with Crippen LogP contribution in [0.3, 0.4) is 0 Å². The third-order valence-electron chi connectivity index (χ3n) is 2.86. The van der Waals surface area contributed by atoms with E-state index in [0.717, 1.165) is 5.56 Å². The molecule has 0 aromatic heterocycles. The fourth-order valence-corrected chi connectivity index (χ4v) is 2.30. The van der Waals surface area contributed by atoms with Gasteiger partial charge in [0.2, 0.25) is 0 Å². The SMILES string of the molecule is NC(Cc1c(F)ccc(Br)c1F)c1ccc(Cl)cc1. The van der Waals surface area contributed by atoms with E-state index in [4.69, 9.17) is 17.3 Å². The van der Waals surface area contributed by atoms with E-state index in [1.54, 1.807) is 24.3 Å². The van der Waals surface area contributed by atoms with Gasteiger partial charge in [-0.2, -0.15) is 0 Å². The third-order valence-corrected chi connectivity index (χ3v) is 3.73. The standard InChI is InChI=1S/C14H11BrClF2N/c15-11-5-6-12(17)10(14(11)18)7-13(19)8-1-3-9(16)4-2-8/h1-6,13H,7,19H2. The highest BCUT2D eigenvalue weighted by Crippen LogP contribution is 2.26. The molecular weight excluding hydrogens is 336 g/mol. The lowest BCUT2D eigenvalue weighted by molar-refractivity contribution is 0.536. The molecule has 1 unspecified atom stereocenters. The van der Waals surface area contributed by atoms with Crippen LogP contribution in [0.1, 0.15) is 17.2 Å². The molecule has 5 heteroatoms. The van der Waals surface area contributed by atoms with Crippen LogP contribution in [0.4, 0.5) is 8.78 Å². The molecule has 0 saturated carbocycles. The Morgan fingerprint density at radius 1 is 1.11 bits per heavy atom. The van der Waals surface area contributed by atoms with Gasteiger partial charge in [0.15, 0.2) is 0 Å². The van der Waals surface area contributed by atoms with Gasteiger partial charge in [0.05, 0.1) is 4.47 Å². The molecule has 1 nitrogen and oxygen atoms in total. The Morgan fingerprint density at radius 2 is 1.74 bits per heavy atom. The predicted molar refractivity (Wildman–Crippen MR) is 76.1 cm³/mol. The average molecular weight is 347 g/mol. The third kappa shape index (κ3) is 3.32. The summed E-state index contributed by atoms with van der Waals surface area (Å²) in [6, 6.07) is 8.96. The Kier molecular flexibility index (Phi) is 4.55. The normalized spacial score (nSPS) is 12.5. The Labute approximate surface area is 123 Å². The minimum Gasteiger partial charge on any atom is -0.324 e. The van der Waals surface area contributed by atoms with Crippen LogP contribution < -0.4 is 5.73 Å². The molecule has 0 aliphatic heterocycles. The Bertz CT molecular complexity index is 587. The maximum Gasteiger partial charge on any atom is 0.143 e. The highest BCUT2D eigenvalue weighted by Gasteiger charge is 2.16. The first-order chi connectivity index (χ1) is 8.99. The summed E-state index contributed by atoms with van der Waals surface area (Å²) in [6.07, 6.45) is 0.0821. The summed E-state index contributed by atoms with van der Waals surface area (Å²) >= 11 is 8.82. The first-order valence-corrected chi connectivity index (χ1v) is 6.79. The molecule has 0 radical (unpaired) electrons. The summed E-state index contributed by atoms with van der Waals surface area (Å²) < 4.78 is 27.7. The van der Waals surface area contributed by atoms with Gasteiger partial charge in [-0.05, 0) is 52.2 Å². The van der Waals surface area contributed by atoms with E-state index in [1.807, 2.05) is 0 Å². The van der Waals surface area contributed by atoms with Crippen LogP contribution in [0.2, 0.25) is 5.02 Å². The molecule has 0 saturated heterocycles. The number of hydrogen-bond acceptors (Lipinski definition) is 1. The molecule has 2 aromatic carbocycles. The van der Waals surface area contributed by atoms with Crippen molar-refractivity contribution in [3.05, 3.63) is 68.7 Å². The maximum absolute atomic E-state index is 13.8. The molecule has 0 aliphatic rings. The van der Waals surface area contributed by atoms with Crippen molar-refractivity contribution in [1.29, 1.82) is 0 Å². The topological polar surface area (TPSA) is 26.0 Å². The van der Waals surface area contributed by atoms with Gasteiger partial charge in [-0.25, -0.2) is 8.78 Å². The highest BCUT2D eigenvalue weighted by molar-refractivity contribution is 9.10. The van der Waals surface area contributed by atoms with Crippen LogP contribution in [0.5, 0.6) is 0 Å². The van der Waals surface area contributed by atoms with E-state index < -0.39 is 17.7 Å². The summed E-state index contributed by atoms with van der Waals surface area (Å²) in [7, 11) is 0. The van der Waals surface area contributed by atoms with Crippen molar-refractivity contribution in [2.24, 2.45) is 5.73 Å². The van der Waals surface area contributed by atoms with Crippen molar-refractivity contribution in [1.82, 2.24) is 0 Å². The van der Waals surface area contributed by atoms with Gasteiger partial charge in [0.25, 0.3) is 0 Å². The van der Waals surface area contributed by atoms with E-state index in [0.29, 0.717) is 5.02 Å². The lowest BCUT2D eigenvalue weighted by Crippen LogP contribution is -2.15. The summed E-state index contributed by atoms with van der Waals surface area (Å²) in [5, 5.41) is 0.593. The molecule has 2 rings (SSSR count). The molecule has 0 fully saturated rings. The number of rotatable bonds is 3. The fourth-order valence-electron chi connectivity index (χ4n) is 1.80. The van der Waals surface area contributed by atoms with Crippen molar-refractivity contribution in [3.63, 3.8) is 0 Å². The second kappa shape index (κ2) is 5.99. The number of hydrogen-bond donors (Lipinski definition) is 1. The van der Waals surface area contributed by atoms with Crippen LogP contribution >= 0.6 is 27.5 Å². The molecule has 0 bridgehead atoms. The van der Waals surface area contributed by atoms with Gasteiger partial charge in [0.1, 0.15) is 11.6 Å². The Balaban J connectivity index is 2.26. The van der Waals surface area contributed by atoms with Gasteiger partial charge in [0, 0.05) is 16.6 Å². The van der Waals surface area contributed by atoms with Crippen LogP contribution in [-0.2, 0) is 6.42 Å². The lowest BCUT2D eigenvalue weighted by Gasteiger charge is -2.14. The Hall–Kier alpha value is -0.970. The van der Waals surface area contributed by atoms with E-state index in [9.17, 15) is 8.78 Å². The summed E-state index contributed by atoms with van der Waals surface area (Å²) in [6.45, 7) is 0. The average Bonchev–Trinajstić information content (AvgIpc) is 2.40. The number of halogens is 4. The van der Waals surface area contributed by atoms with E-state index >= 15 is 0 Å². The van der Waals surface area contributed by atoms with Crippen LogP contribution in [-0.4, -0.2) is 0 Å². The number of nitrogens with two attached hydrogens (primary N) is 1. The van der Waals surface area contributed by atoms with Crippen LogP contribution in [0.15, 0.2) is 40.9 Å². The summed E-state index contributed by atoms with van der Waals surface area (Å²) in [4.78, 5) is 0. The molecule has 100 valence electrons. The van der Waals surface area contributed by atoms with Gasteiger partial charge >= 0.3 is 0 Å². The van der Waals surface area contributed by atoms with Crippen LogP contribution in [0, 0.1) is 11.6 Å². The molecule has 19 heavy (non-hydrogen) atoms. The van der Waals surface area contributed by atoms with E-state index in [-0.39, 0.29) is 16.5 Å². The van der Waals surface area contributed by atoms with Gasteiger partial charge in [-0.15, -0.1) is 0 Å². The minimum absolute atomic E-state index is 0.0168. The predicted octanol–water partition coefficient (Wildman–Crippen LogP) is 4.62.